The van der Waals surface area contributed by atoms with Crippen molar-refractivity contribution in [3.05, 3.63) is 33.9 Å². The Morgan fingerprint density at radius 3 is 2.32 bits per heavy atom. The molecule has 0 unspecified atom stereocenters. The molecule has 0 aliphatic carbocycles. The van der Waals surface area contributed by atoms with Crippen molar-refractivity contribution in [3.8, 4) is 0 Å². The fourth-order valence-electron chi connectivity index (χ4n) is 2.85. The van der Waals surface area contributed by atoms with Crippen LogP contribution in [0.5, 0.6) is 0 Å². The number of carbonyl (C=O) groups excluding carboxylic acids is 1. The smallest absolute Gasteiger partial charge is 0.293 e. The Morgan fingerprint density at radius 2 is 1.64 bits per heavy atom. The molecule has 0 aromatic heterocycles. The maximum atomic E-state index is 11.9. The molecule has 0 aliphatic rings. The highest BCUT2D eigenvalue weighted by Crippen LogP contribution is 2.27. The number of amides is 1. The van der Waals surface area contributed by atoms with Crippen molar-refractivity contribution in [2.45, 2.75) is 84.5 Å². The van der Waals surface area contributed by atoms with Gasteiger partial charge in [0.15, 0.2) is 0 Å². The summed E-state index contributed by atoms with van der Waals surface area (Å²) < 4.78 is 0. The largest absolute Gasteiger partial charge is 0.320 e. The van der Waals surface area contributed by atoms with Crippen LogP contribution in [0.1, 0.15) is 83.6 Å². The van der Waals surface area contributed by atoms with E-state index in [0.29, 0.717) is 12.1 Å². The van der Waals surface area contributed by atoms with Crippen molar-refractivity contribution in [2.75, 3.05) is 5.32 Å². The van der Waals surface area contributed by atoms with Crippen LogP contribution in [0.3, 0.4) is 0 Å². The standard InChI is InChI=1S/C20H32N2O3/c1-3-5-7-8-9-11-12-17-14-15-18(19(16-17)22(24)25)21-20(23)13-10-6-4-2/h14-16H,3-13H2,1-2H3,(H,21,23). The highest BCUT2D eigenvalue weighted by atomic mass is 16.6. The molecule has 0 spiro atoms. The Balaban J connectivity index is 2.57. The molecule has 0 radical (unpaired) electrons. The first kappa shape index (κ1) is 21.1. The van der Waals surface area contributed by atoms with Crippen molar-refractivity contribution in [3.63, 3.8) is 0 Å². The first-order valence-electron chi connectivity index (χ1n) is 9.65. The minimum absolute atomic E-state index is 0.00711. The molecule has 5 heteroatoms. The van der Waals surface area contributed by atoms with E-state index in [0.717, 1.165) is 44.1 Å². The average Bonchev–Trinajstić information content (AvgIpc) is 2.59. The lowest BCUT2D eigenvalue weighted by molar-refractivity contribution is -0.384. The van der Waals surface area contributed by atoms with Gasteiger partial charge < -0.3 is 5.32 Å². The minimum Gasteiger partial charge on any atom is -0.320 e. The maximum absolute atomic E-state index is 11.9. The second kappa shape index (κ2) is 12.5. The van der Waals surface area contributed by atoms with Gasteiger partial charge in [-0.05, 0) is 30.9 Å². The predicted octanol–water partition coefficient (Wildman–Crippen LogP) is 6.02. The second-order valence-corrected chi connectivity index (χ2v) is 6.63. The van der Waals surface area contributed by atoms with Gasteiger partial charge in [0, 0.05) is 12.5 Å². The number of hydrogen-bond donors (Lipinski definition) is 1. The summed E-state index contributed by atoms with van der Waals surface area (Å²) in [6.45, 7) is 4.27. The Kier molecular flexibility index (Phi) is 10.5. The van der Waals surface area contributed by atoms with Crippen LogP contribution < -0.4 is 5.32 Å². The topological polar surface area (TPSA) is 72.2 Å². The van der Waals surface area contributed by atoms with Crippen LogP contribution in [-0.2, 0) is 11.2 Å². The lowest BCUT2D eigenvalue weighted by Crippen LogP contribution is -2.12. The van der Waals surface area contributed by atoms with Gasteiger partial charge in [0.05, 0.1) is 4.92 Å². The summed E-state index contributed by atoms with van der Waals surface area (Å²) in [5.74, 6) is -0.153. The molecule has 1 rings (SSSR count). The molecular weight excluding hydrogens is 316 g/mol. The molecule has 0 saturated carbocycles. The molecule has 0 aliphatic heterocycles. The molecule has 0 heterocycles. The Labute approximate surface area is 151 Å². The van der Waals surface area contributed by atoms with Crippen molar-refractivity contribution >= 4 is 17.3 Å². The zero-order valence-corrected chi connectivity index (χ0v) is 15.7. The van der Waals surface area contributed by atoms with E-state index in [-0.39, 0.29) is 11.6 Å². The summed E-state index contributed by atoms with van der Waals surface area (Å²) in [6, 6.07) is 5.16. The molecule has 0 fully saturated rings. The summed E-state index contributed by atoms with van der Waals surface area (Å²) in [6.07, 6.45) is 11.3. The van der Waals surface area contributed by atoms with Gasteiger partial charge in [-0.1, -0.05) is 64.9 Å². The molecule has 1 aromatic carbocycles. The highest BCUT2D eigenvalue weighted by Gasteiger charge is 2.16. The quantitative estimate of drug-likeness (QED) is 0.269. The second-order valence-electron chi connectivity index (χ2n) is 6.63. The summed E-state index contributed by atoms with van der Waals surface area (Å²) in [5, 5.41) is 14.0. The van der Waals surface area contributed by atoms with E-state index in [4.69, 9.17) is 0 Å². The predicted molar refractivity (Wildman–Crippen MR) is 103 cm³/mol. The zero-order chi connectivity index (χ0) is 18.5. The number of hydrogen-bond acceptors (Lipinski definition) is 3. The van der Waals surface area contributed by atoms with Gasteiger partial charge in [-0.15, -0.1) is 0 Å². The fraction of sp³-hybridized carbons (Fsp3) is 0.650. The number of carbonyl (C=O) groups is 1. The third-order valence-corrected chi connectivity index (χ3v) is 4.36. The molecule has 0 saturated heterocycles. The number of nitro benzene ring substituents is 1. The third-order valence-electron chi connectivity index (χ3n) is 4.36. The first-order valence-corrected chi connectivity index (χ1v) is 9.65. The molecule has 1 amide bonds. The van der Waals surface area contributed by atoms with Gasteiger partial charge in [0.1, 0.15) is 5.69 Å². The van der Waals surface area contributed by atoms with E-state index < -0.39 is 4.92 Å². The number of aryl methyl sites for hydroxylation is 1. The van der Waals surface area contributed by atoms with E-state index in [1.165, 1.54) is 25.7 Å². The maximum Gasteiger partial charge on any atom is 0.293 e. The summed E-state index contributed by atoms with van der Waals surface area (Å²) in [7, 11) is 0. The molecule has 1 N–H and O–H groups in total. The van der Waals surface area contributed by atoms with Crippen molar-refractivity contribution in [1.29, 1.82) is 0 Å². The summed E-state index contributed by atoms with van der Waals surface area (Å²) >= 11 is 0. The van der Waals surface area contributed by atoms with Crippen LogP contribution in [-0.4, -0.2) is 10.8 Å². The number of nitrogens with zero attached hydrogens (tertiary/aromatic N) is 1. The minimum atomic E-state index is -0.410. The number of benzene rings is 1. The first-order chi connectivity index (χ1) is 12.1. The lowest BCUT2D eigenvalue weighted by Gasteiger charge is -2.08. The number of rotatable bonds is 13. The summed E-state index contributed by atoms with van der Waals surface area (Å²) in [4.78, 5) is 22.8. The molecule has 140 valence electrons. The number of unbranched alkanes of at least 4 members (excludes halogenated alkanes) is 7. The van der Waals surface area contributed by atoms with E-state index >= 15 is 0 Å². The van der Waals surface area contributed by atoms with Gasteiger partial charge >= 0.3 is 0 Å². The van der Waals surface area contributed by atoms with Crippen molar-refractivity contribution < 1.29 is 9.72 Å². The van der Waals surface area contributed by atoms with E-state index in [2.05, 4.69) is 19.2 Å². The van der Waals surface area contributed by atoms with Gasteiger partial charge in [-0.2, -0.15) is 0 Å². The lowest BCUT2D eigenvalue weighted by atomic mass is 10.0. The average molecular weight is 348 g/mol. The van der Waals surface area contributed by atoms with Crippen LogP contribution in [0.4, 0.5) is 11.4 Å². The Bertz CT molecular complexity index is 544. The highest BCUT2D eigenvalue weighted by molar-refractivity contribution is 5.93. The SMILES string of the molecule is CCCCCCCCc1ccc(NC(=O)CCCCC)c([N+](=O)[O-])c1. The molecule has 0 bridgehead atoms. The normalized spacial score (nSPS) is 10.6. The van der Waals surface area contributed by atoms with E-state index in [1.807, 2.05) is 6.07 Å². The zero-order valence-electron chi connectivity index (χ0n) is 15.7. The molecule has 5 nitrogen and oxygen atoms in total. The number of anilines is 1. The van der Waals surface area contributed by atoms with Gasteiger partial charge in [-0.25, -0.2) is 0 Å². The van der Waals surface area contributed by atoms with Crippen LogP contribution in [0.2, 0.25) is 0 Å². The van der Waals surface area contributed by atoms with E-state index in [9.17, 15) is 14.9 Å². The van der Waals surface area contributed by atoms with Crippen LogP contribution in [0.15, 0.2) is 18.2 Å². The number of nitro groups is 1. The van der Waals surface area contributed by atoms with E-state index in [1.54, 1.807) is 12.1 Å². The van der Waals surface area contributed by atoms with Gasteiger partial charge in [0.25, 0.3) is 5.69 Å². The molecule has 25 heavy (non-hydrogen) atoms. The van der Waals surface area contributed by atoms with Crippen molar-refractivity contribution in [1.82, 2.24) is 0 Å². The van der Waals surface area contributed by atoms with Crippen molar-refractivity contribution in [2.24, 2.45) is 0 Å². The molecular formula is C20H32N2O3. The van der Waals surface area contributed by atoms with Gasteiger partial charge in [-0.3, -0.25) is 14.9 Å². The third kappa shape index (κ3) is 8.66. The Morgan fingerprint density at radius 1 is 1.00 bits per heavy atom. The number of nitrogens with one attached hydrogen (secondary N) is 1. The monoisotopic (exact) mass is 348 g/mol. The molecule has 0 atom stereocenters. The molecule has 1 aromatic rings. The summed E-state index contributed by atoms with van der Waals surface area (Å²) in [5.41, 5.74) is 1.26. The van der Waals surface area contributed by atoms with Crippen LogP contribution in [0, 0.1) is 10.1 Å². The van der Waals surface area contributed by atoms with Crippen LogP contribution >= 0.6 is 0 Å². The fourth-order valence-corrected chi connectivity index (χ4v) is 2.85. The van der Waals surface area contributed by atoms with Crippen LogP contribution in [0.25, 0.3) is 0 Å². The Hall–Kier alpha value is -1.91. The van der Waals surface area contributed by atoms with Gasteiger partial charge in [0.2, 0.25) is 5.91 Å².